The highest BCUT2D eigenvalue weighted by atomic mass is 16.5. The molecular weight excluding hydrogens is 282 g/mol. The first-order chi connectivity index (χ1) is 10.5. The van der Waals surface area contributed by atoms with Crippen LogP contribution >= 0.6 is 0 Å². The van der Waals surface area contributed by atoms with E-state index in [1.54, 1.807) is 14.1 Å². The van der Waals surface area contributed by atoms with E-state index >= 15 is 0 Å². The maximum absolute atomic E-state index is 11.6. The van der Waals surface area contributed by atoms with Gasteiger partial charge in [0.05, 0.1) is 6.61 Å². The molecule has 0 heterocycles. The Balaban J connectivity index is 2.24. The van der Waals surface area contributed by atoms with E-state index in [0.29, 0.717) is 26.1 Å². The molecule has 22 heavy (non-hydrogen) atoms. The summed E-state index contributed by atoms with van der Waals surface area (Å²) in [6.07, 6.45) is 1.27. The minimum atomic E-state index is -0.280. The lowest BCUT2D eigenvalue weighted by Gasteiger charge is -2.11. The van der Waals surface area contributed by atoms with Gasteiger partial charge in [-0.15, -0.1) is 0 Å². The van der Waals surface area contributed by atoms with E-state index < -0.39 is 0 Å². The minimum absolute atomic E-state index is 0.0111. The van der Waals surface area contributed by atoms with Crippen molar-refractivity contribution in [3.8, 4) is 5.75 Å². The average Bonchev–Trinajstić information content (AvgIpc) is 2.51. The molecule has 0 fully saturated rings. The van der Waals surface area contributed by atoms with Crippen LogP contribution in [0.25, 0.3) is 0 Å². The number of ether oxygens (including phenoxy) is 1. The topological polar surface area (TPSA) is 70.7 Å². The van der Waals surface area contributed by atoms with Gasteiger partial charge in [0.15, 0.2) is 0 Å². The van der Waals surface area contributed by atoms with Gasteiger partial charge in [-0.2, -0.15) is 0 Å². The van der Waals surface area contributed by atoms with Crippen LogP contribution in [0.5, 0.6) is 5.75 Å². The zero-order valence-electron chi connectivity index (χ0n) is 13.5. The second-order valence-electron chi connectivity index (χ2n) is 5.14. The summed E-state index contributed by atoms with van der Waals surface area (Å²) in [6, 6.07) is 7.33. The Bertz CT molecular complexity index is 472. The standard InChI is InChI=1S/C16H25N3O3/c1-4-11-22-14-7-5-13(6-8-14)12-18-16(21)17-10-9-15(20)19(2)3/h5-8H,4,9-12H2,1-3H3,(H2,17,18,21). The molecule has 0 aromatic heterocycles. The van der Waals surface area contributed by atoms with Crippen LogP contribution in [-0.4, -0.2) is 44.1 Å². The Kier molecular flexibility index (Phi) is 7.81. The molecule has 0 saturated heterocycles. The summed E-state index contributed by atoms with van der Waals surface area (Å²) in [5, 5.41) is 5.40. The summed E-state index contributed by atoms with van der Waals surface area (Å²) >= 11 is 0. The summed E-state index contributed by atoms with van der Waals surface area (Å²) in [7, 11) is 3.38. The molecule has 0 bridgehead atoms. The number of carbonyl (C=O) groups is 2. The first-order valence-corrected chi connectivity index (χ1v) is 7.46. The Morgan fingerprint density at radius 3 is 2.41 bits per heavy atom. The van der Waals surface area contributed by atoms with Crippen LogP contribution in [0.3, 0.4) is 0 Å². The maximum Gasteiger partial charge on any atom is 0.315 e. The zero-order chi connectivity index (χ0) is 16.4. The van der Waals surface area contributed by atoms with E-state index in [9.17, 15) is 9.59 Å². The summed E-state index contributed by atoms with van der Waals surface area (Å²) < 4.78 is 5.49. The number of urea groups is 1. The molecule has 3 amide bonds. The summed E-state index contributed by atoms with van der Waals surface area (Å²) in [4.78, 5) is 24.5. The van der Waals surface area contributed by atoms with E-state index in [2.05, 4.69) is 17.6 Å². The number of nitrogens with one attached hydrogen (secondary N) is 2. The lowest BCUT2D eigenvalue weighted by atomic mass is 10.2. The molecule has 0 spiro atoms. The van der Waals surface area contributed by atoms with Crippen LogP contribution in [0.4, 0.5) is 4.79 Å². The van der Waals surface area contributed by atoms with Crippen LogP contribution in [-0.2, 0) is 11.3 Å². The molecule has 0 unspecified atom stereocenters. The number of nitrogens with zero attached hydrogens (tertiary/aromatic N) is 1. The predicted molar refractivity (Wildman–Crippen MR) is 85.8 cm³/mol. The van der Waals surface area contributed by atoms with E-state index in [4.69, 9.17) is 4.74 Å². The normalized spacial score (nSPS) is 9.95. The van der Waals surface area contributed by atoms with Gasteiger partial charge in [-0.3, -0.25) is 4.79 Å². The molecular formula is C16H25N3O3. The van der Waals surface area contributed by atoms with Crippen molar-refractivity contribution in [3.63, 3.8) is 0 Å². The summed E-state index contributed by atoms with van der Waals surface area (Å²) in [5.74, 6) is 0.820. The highest BCUT2D eigenvalue weighted by Crippen LogP contribution is 2.12. The molecule has 1 aromatic rings. The highest BCUT2D eigenvalue weighted by Gasteiger charge is 2.05. The third-order valence-corrected chi connectivity index (χ3v) is 2.97. The third-order valence-electron chi connectivity index (χ3n) is 2.97. The SMILES string of the molecule is CCCOc1ccc(CNC(=O)NCCC(=O)N(C)C)cc1. The van der Waals surface area contributed by atoms with Gasteiger partial charge in [-0.1, -0.05) is 19.1 Å². The first-order valence-electron chi connectivity index (χ1n) is 7.46. The van der Waals surface area contributed by atoms with E-state index in [0.717, 1.165) is 17.7 Å². The van der Waals surface area contributed by atoms with Crippen molar-refractivity contribution in [1.29, 1.82) is 0 Å². The molecule has 0 aliphatic rings. The van der Waals surface area contributed by atoms with Crippen LogP contribution in [0.1, 0.15) is 25.3 Å². The minimum Gasteiger partial charge on any atom is -0.494 e. The van der Waals surface area contributed by atoms with E-state index in [1.165, 1.54) is 4.90 Å². The van der Waals surface area contributed by atoms with Crippen LogP contribution < -0.4 is 15.4 Å². The third kappa shape index (κ3) is 6.97. The van der Waals surface area contributed by atoms with Gasteiger partial charge in [0, 0.05) is 33.6 Å². The van der Waals surface area contributed by atoms with Crippen LogP contribution in [0, 0.1) is 0 Å². The van der Waals surface area contributed by atoms with E-state index in [1.807, 2.05) is 24.3 Å². The van der Waals surface area contributed by atoms with Gasteiger partial charge < -0.3 is 20.3 Å². The molecule has 2 N–H and O–H groups in total. The Hall–Kier alpha value is -2.24. The van der Waals surface area contributed by atoms with Crippen molar-refractivity contribution >= 4 is 11.9 Å². The second-order valence-corrected chi connectivity index (χ2v) is 5.14. The molecule has 0 aliphatic carbocycles. The molecule has 0 saturated carbocycles. The van der Waals surface area contributed by atoms with Crippen LogP contribution in [0.15, 0.2) is 24.3 Å². The summed E-state index contributed by atoms with van der Waals surface area (Å²) in [6.45, 7) is 3.52. The molecule has 1 aromatic carbocycles. The molecule has 0 radical (unpaired) electrons. The van der Waals surface area contributed by atoms with Gasteiger partial charge in [-0.25, -0.2) is 4.79 Å². The fourth-order valence-corrected chi connectivity index (χ4v) is 1.67. The number of hydrogen-bond donors (Lipinski definition) is 2. The predicted octanol–water partition coefficient (Wildman–Crippen LogP) is 1.75. The Labute approximate surface area is 131 Å². The first kappa shape index (κ1) is 17.8. The van der Waals surface area contributed by atoms with Gasteiger partial charge in [0.2, 0.25) is 5.91 Å². The second kappa shape index (κ2) is 9.65. The van der Waals surface area contributed by atoms with Crippen molar-refractivity contribution in [3.05, 3.63) is 29.8 Å². The van der Waals surface area contributed by atoms with E-state index in [-0.39, 0.29) is 11.9 Å². The average molecular weight is 307 g/mol. The number of amides is 3. The molecule has 6 nitrogen and oxygen atoms in total. The maximum atomic E-state index is 11.6. The Morgan fingerprint density at radius 2 is 1.82 bits per heavy atom. The van der Waals surface area contributed by atoms with Gasteiger partial charge in [0.25, 0.3) is 0 Å². The highest BCUT2D eigenvalue weighted by molar-refractivity contribution is 5.77. The fraction of sp³-hybridized carbons (Fsp3) is 0.500. The van der Waals surface area contributed by atoms with Crippen molar-refractivity contribution in [1.82, 2.24) is 15.5 Å². The largest absolute Gasteiger partial charge is 0.494 e. The zero-order valence-corrected chi connectivity index (χ0v) is 13.5. The van der Waals surface area contributed by atoms with Crippen molar-refractivity contribution in [2.45, 2.75) is 26.3 Å². The van der Waals surface area contributed by atoms with Gasteiger partial charge in [-0.05, 0) is 24.1 Å². The molecule has 0 aliphatic heterocycles. The molecule has 122 valence electrons. The van der Waals surface area contributed by atoms with Crippen molar-refractivity contribution in [2.24, 2.45) is 0 Å². The number of rotatable bonds is 8. The quantitative estimate of drug-likeness (QED) is 0.768. The smallest absolute Gasteiger partial charge is 0.315 e. The van der Waals surface area contributed by atoms with Gasteiger partial charge >= 0.3 is 6.03 Å². The monoisotopic (exact) mass is 307 g/mol. The summed E-state index contributed by atoms with van der Waals surface area (Å²) in [5.41, 5.74) is 0.989. The van der Waals surface area contributed by atoms with Crippen molar-refractivity contribution in [2.75, 3.05) is 27.2 Å². The number of benzene rings is 1. The van der Waals surface area contributed by atoms with Crippen molar-refractivity contribution < 1.29 is 14.3 Å². The lowest BCUT2D eigenvalue weighted by Crippen LogP contribution is -2.37. The fourth-order valence-electron chi connectivity index (χ4n) is 1.67. The number of hydrogen-bond acceptors (Lipinski definition) is 3. The number of carbonyl (C=O) groups excluding carboxylic acids is 2. The molecule has 0 atom stereocenters. The Morgan fingerprint density at radius 1 is 1.14 bits per heavy atom. The molecule has 6 heteroatoms. The van der Waals surface area contributed by atoms with Gasteiger partial charge in [0.1, 0.15) is 5.75 Å². The lowest BCUT2D eigenvalue weighted by molar-refractivity contribution is -0.128. The molecule has 1 rings (SSSR count). The van der Waals surface area contributed by atoms with Crippen LogP contribution in [0.2, 0.25) is 0 Å².